The molecule has 0 saturated carbocycles. The van der Waals surface area contributed by atoms with Gasteiger partial charge in [-0.3, -0.25) is 0 Å². The monoisotopic (exact) mass is 283 g/mol. The summed E-state index contributed by atoms with van der Waals surface area (Å²) in [6.45, 7) is 2.05. The molecule has 0 bridgehead atoms. The molecule has 0 radical (unpaired) electrons. The Hall–Kier alpha value is -2.13. The molecule has 1 N–H and O–H groups in total. The molecule has 0 fully saturated rings. The smallest absolute Gasteiger partial charge is 0.162 e. The van der Waals surface area contributed by atoms with E-state index in [0.29, 0.717) is 10.8 Å². The second-order valence-electron chi connectivity index (χ2n) is 4.63. The molecule has 2 aromatic carbocycles. The fourth-order valence-electron chi connectivity index (χ4n) is 2.24. The molecule has 0 unspecified atom stereocenters. The van der Waals surface area contributed by atoms with Crippen molar-refractivity contribution >= 4 is 28.3 Å². The van der Waals surface area contributed by atoms with Gasteiger partial charge in [-0.15, -0.1) is 0 Å². The Morgan fingerprint density at radius 2 is 1.85 bits per heavy atom. The molecule has 3 aromatic rings. The van der Waals surface area contributed by atoms with Crippen LogP contribution in [0.25, 0.3) is 22.3 Å². The number of nitrogens with zero attached hydrogens (tertiary/aromatic N) is 2. The van der Waals surface area contributed by atoms with Crippen molar-refractivity contribution in [3.05, 3.63) is 53.1 Å². The first-order valence-electron chi connectivity index (χ1n) is 6.40. The molecule has 1 heterocycles. The second kappa shape index (κ2) is 5.10. The van der Waals surface area contributed by atoms with Gasteiger partial charge in [0.2, 0.25) is 0 Å². The number of fused-ring (bicyclic) bond motifs is 1. The highest BCUT2D eigenvalue weighted by atomic mass is 35.5. The van der Waals surface area contributed by atoms with Crippen LogP contribution in [0.4, 0.5) is 5.82 Å². The van der Waals surface area contributed by atoms with Crippen molar-refractivity contribution in [3.8, 4) is 11.4 Å². The minimum Gasteiger partial charge on any atom is -0.373 e. The van der Waals surface area contributed by atoms with Crippen LogP contribution in [0.2, 0.25) is 5.02 Å². The lowest BCUT2D eigenvalue weighted by atomic mass is 10.1. The van der Waals surface area contributed by atoms with Crippen molar-refractivity contribution < 1.29 is 0 Å². The number of para-hydroxylation sites is 1. The lowest BCUT2D eigenvalue weighted by molar-refractivity contribution is 1.20. The minimum atomic E-state index is 0.679. The molecule has 0 spiro atoms. The van der Waals surface area contributed by atoms with Crippen molar-refractivity contribution in [2.45, 2.75) is 6.92 Å². The highest BCUT2D eigenvalue weighted by Gasteiger charge is 2.10. The minimum absolute atomic E-state index is 0.679. The molecule has 1 aromatic heterocycles. The molecule has 100 valence electrons. The third kappa shape index (κ3) is 2.21. The quantitative estimate of drug-likeness (QED) is 0.762. The number of nitrogens with one attached hydrogen (secondary N) is 1. The number of hydrogen-bond acceptors (Lipinski definition) is 3. The normalized spacial score (nSPS) is 10.8. The fourth-order valence-corrected chi connectivity index (χ4v) is 2.43. The molecule has 0 aliphatic heterocycles. The van der Waals surface area contributed by atoms with E-state index in [1.54, 1.807) is 0 Å². The number of aryl methyl sites for hydroxylation is 1. The largest absolute Gasteiger partial charge is 0.373 e. The molecule has 0 amide bonds. The summed E-state index contributed by atoms with van der Waals surface area (Å²) in [6.07, 6.45) is 0. The van der Waals surface area contributed by atoms with Gasteiger partial charge >= 0.3 is 0 Å². The van der Waals surface area contributed by atoms with Crippen molar-refractivity contribution in [3.63, 3.8) is 0 Å². The molecule has 3 nitrogen and oxygen atoms in total. The first-order valence-corrected chi connectivity index (χ1v) is 6.78. The van der Waals surface area contributed by atoms with Crippen LogP contribution in [0.5, 0.6) is 0 Å². The number of aromatic nitrogens is 2. The van der Waals surface area contributed by atoms with Crippen LogP contribution in [-0.2, 0) is 0 Å². The number of rotatable bonds is 2. The van der Waals surface area contributed by atoms with Crippen molar-refractivity contribution in [2.75, 3.05) is 12.4 Å². The topological polar surface area (TPSA) is 37.8 Å². The maximum Gasteiger partial charge on any atom is 0.162 e. The van der Waals surface area contributed by atoms with E-state index in [1.807, 2.05) is 43.4 Å². The predicted molar refractivity (Wildman–Crippen MR) is 84.3 cm³/mol. The highest BCUT2D eigenvalue weighted by molar-refractivity contribution is 6.30. The van der Waals surface area contributed by atoms with E-state index in [2.05, 4.69) is 28.3 Å². The average molecular weight is 284 g/mol. The molecule has 0 aliphatic rings. The summed E-state index contributed by atoms with van der Waals surface area (Å²) in [6, 6.07) is 13.7. The maximum absolute atomic E-state index is 6.05. The Bertz CT molecular complexity index is 784. The molecule has 20 heavy (non-hydrogen) atoms. The number of hydrogen-bond donors (Lipinski definition) is 1. The van der Waals surface area contributed by atoms with Gasteiger partial charge < -0.3 is 5.32 Å². The molecule has 3 rings (SSSR count). The summed E-state index contributed by atoms with van der Waals surface area (Å²) >= 11 is 6.05. The molecule has 4 heteroatoms. The van der Waals surface area contributed by atoms with E-state index in [-0.39, 0.29) is 0 Å². The third-order valence-corrected chi connectivity index (χ3v) is 3.48. The van der Waals surface area contributed by atoms with Gasteiger partial charge in [-0.25, -0.2) is 9.97 Å². The van der Waals surface area contributed by atoms with Crippen LogP contribution in [-0.4, -0.2) is 17.0 Å². The van der Waals surface area contributed by atoms with E-state index in [9.17, 15) is 0 Å². The first kappa shape index (κ1) is 12.9. The predicted octanol–water partition coefficient (Wildman–Crippen LogP) is 4.30. The Balaban J connectivity index is 2.30. The molecular weight excluding hydrogens is 270 g/mol. The first-order chi connectivity index (χ1) is 9.69. The van der Waals surface area contributed by atoms with Crippen molar-refractivity contribution in [1.29, 1.82) is 0 Å². The average Bonchev–Trinajstić information content (AvgIpc) is 2.47. The van der Waals surface area contributed by atoms with Crippen LogP contribution in [0.15, 0.2) is 42.5 Å². The number of halogens is 1. The van der Waals surface area contributed by atoms with Crippen LogP contribution in [0.1, 0.15) is 5.56 Å². The standard InChI is InChI=1S/C16H14ClN3/c1-10-5-3-8-13-14(10)19-15(20-16(13)18-2)11-6-4-7-12(17)9-11/h3-9H,1-2H3,(H,18,19,20). The SMILES string of the molecule is CNc1nc(-c2cccc(Cl)c2)nc2c(C)cccc12. The summed E-state index contributed by atoms with van der Waals surface area (Å²) in [5.41, 5.74) is 3.01. The van der Waals surface area contributed by atoms with E-state index in [1.165, 1.54) is 0 Å². The van der Waals surface area contributed by atoms with Gasteiger partial charge in [0.05, 0.1) is 5.52 Å². The molecule has 0 atom stereocenters. The Labute approximate surface area is 122 Å². The molecule has 0 saturated heterocycles. The fraction of sp³-hybridized carbons (Fsp3) is 0.125. The van der Waals surface area contributed by atoms with Gasteiger partial charge in [0.15, 0.2) is 5.82 Å². The van der Waals surface area contributed by atoms with Gasteiger partial charge in [0, 0.05) is 23.0 Å². The van der Waals surface area contributed by atoms with Crippen molar-refractivity contribution in [2.24, 2.45) is 0 Å². The van der Waals surface area contributed by atoms with E-state index < -0.39 is 0 Å². The number of benzene rings is 2. The summed E-state index contributed by atoms with van der Waals surface area (Å²) in [5.74, 6) is 1.51. The van der Waals surface area contributed by atoms with E-state index in [4.69, 9.17) is 11.6 Å². The summed E-state index contributed by atoms with van der Waals surface area (Å²) in [7, 11) is 1.87. The van der Waals surface area contributed by atoms with Crippen LogP contribution in [0.3, 0.4) is 0 Å². The second-order valence-corrected chi connectivity index (χ2v) is 5.06. The van der Waals surface area contributed by atoms with Gasteiger partial charge in [-0.2, -0.15) is 0 Å². The third-order valence-electron chi connectivity index (χ3n) is 3.25. The number of anilines is 1. The Morgan fingerprint density at radius 1 is 1.05 bits per heavy atom. The highest BCUT2D eigenvalue weighted by Crippen LogP contribution is 2.27. The van der Waals surface area contributed by atoms with Gasteiger partial charge in [0.25, 0.3) is 0 Å². The zero-order valence-electron chi connectivity index (χ0n) is 11.3. The van der Waals surface area contributed by atoms with Gasteiger partial charge in [-0.05, 0) is 30.7 Å². The lowest BCUT2D eigenvalue weighted by Crippen LogP contribution is -1.99. The lowest BCUT2D eigenvalue weighted by Gasteiger charge is -2.10. The summed E-state index contributed by atoms with van der Waals surface area (Å²) < 4.78 is 0. The zero-order chi connectivity index (χ0) is 14.1. The zero-order valence-corrected chi connectivity index (χ0v) is 12.1. The van der Waals surface area contributed by atoms with E-state index >= 15 is 0 Å². The Kier molecular flexibility index (Phi) is 3.28. The van der Waals surface area contributed by atoms with Crippen LogP contribution >= 0.6 is 11.6 Å². The maximum atomic E-state index is 6.05. The van der Waals surface area contributed by atoms with Gasteiger partial charge in [-0.1, -0.05) is 35.9 Å². The summed E-state index contributed by atoms with van der Waals surface area (Å²) in [4.78, 5) is 9.28. The van der Waals surface area contributed by atoms with E-state index in [0.717, 1.165) is 27.8 Å². The van der Waals surface area contributed by atoms with Crippen LogP contribution in [0, 0.1) is 6.92 Å². The molecular formula is C16H14ClN3. The van der Waals surface area contributed by atoms with Gasteiger partial charge in [0.1, 0.15) is 5.82 Å². The summed E-state index contributed by atoms with van der Waals surface area (Å²) in [5, 5.41) is 4.85. The Morgan fingerprint density at radius 3 is 2.60 bits per heavy atom. The van der Waals surface area contributed by atoms with Crippen molar-refractivity contribution in [1.82, 2.24) is 9.97 Å². The van der Waals surface area contributed by atoms with Crippen LogP contribution < -0.4 is 5.32 Å². The molecule has 0 aliphatic carbocycles.